The minimum Gasteiger partial charge on any atom is -0.366 e. The Bertz CT molecular complexity index is 917. The predicted octanol–water partition coefficient (Wildman–Crippen LogP) is 5.04. The quantitative estimate of drug-likeness (QED) is 0.707. The molecule has 1 atom stereocenters. The van der Waals surface area contributed by atoms with Crippen molar-refractivity contribution in [3.8, 4) is 0 Å². The third kappa shape index (κ3) is 4.11. The number of anilines is 1. The zero-order valence-corrected chi connectivity index (χ0v) is 17.4. The number of carbonyl (C=O) groups is 1. The fourth-order valence-electron chi connectivity index (χ4n) is 4.77. The van der Waals surface area contributed by atoms with Crippen molar-refractivity contribution in [2.24, 2.45) is 5.92 Å². The molecule has 1 saturated heterocycles. The molecule has 3 heterocycles. The van der Waals surface area contributed by atoms with Gasteiger partial charge in [-0.2, -0.15) is 18.3 Å². The Kier molecular flexibility index (Phi) is 5.63. The van der Waals surface area contributed by atoms with Gasteiger partial charge < -0.3 is 10.2 Å². The molecule has 9 heteroatoms. The Hall–Kier alpha value is -2.32. The molecule has 1 saturated carbocycles. The molecule has 0 radical (unpaired) electrons. The first-order chi connectivity index (χ1) is 14.2. The van der Waals surface area contributed by atoms with Gasteiger partial charge in [0.15, 0.2) is 11.5 Å². The third-order valence-corrected chi connectivity index (χ3v) is 6.13. The van der Waals surface area contributed by atoms with Gasteiger partial charge in [-0.15, -0.1) is 0 Å². The van der Waals surface area contributed by atoms with E-state index in [-0.39, 0.29) is 34.5 Å². The van der Waals surface area contributed by atoms with Crippen LogP contribution >= 0.6 is 0 Å². The lowest BCUT2D eigenvalue weighted by Crippen LogP contribution is -2.32. The van der Waals surface area contributed by atoms with E-state index in [4.69, 9.17) is 0 Å². The fraction of sp³-hybridized carbons (Fsp3) is 0.667. The summed E-state index contributed by atoms with van der Waals surface area (Å²) in [5.41, 5.74) is -0.389. The van der Waals surface area contributed by atoms with Crippen molar-refractivity contribution in [2.75, 3.05) is 11.9 Å². The van der Waals surface area contributed by atoms with Crippen molar-refractivity contribution in [2.45, 2.75) is 77.1 Å². The Morgan fingerprint density at radius 1 is 1.27 bits per heavy atom. The molecule has 1 amide bonds. The highest BCUT2D eigenvalue weighted by Gasteiger charge is 2.38. The minimum absolute atomic E-state index is 0.0339. The van der Waals surface area contributed by atoms with Crippen molar-refractivity contribution in [1.29, 1.82) is 0 Å². The van der Waals surface area contributed by atoms with E-state index in [1.54, 1.807) is 4.90 Å². The monoisotopic (exact) mass is 423 g/mol. The van der Waals surface area contributed by atoms with Gasteiger partial charge in [0.25, 0.3) is 0 Å². The lowest BCUT2D eigenvalue weighted by molar-refractivity contribution is -0.136. The highest BCUT2D eigenvalue weighted by Crippen LogP contribution is 2.41. The van der Waals surface area contributed by atoms with Gasteiger partial charge in [0.05, 0.1) is 22.7 Å². The number of likely N-dealkylation sites (tertiary alicyclic amines) is 1. The molecule has 0 unspecified atom stereocenters. The number of nitrogens with one attached hydrogen (secondary N) is 2. The van der Waals surface area contributed by atoms with Crippen molar-refractivity contribution in [3.63, 3.8) is 0 Å². The van der Waals surface area contributed by atoms with Crippen LogP contribution in [0.5, 0.6) is 0 Å². The molecule has 4 rings (SSSR count). The second-order valence-electron chi connectivity index (χ2n) is 8.79. The van der Waals surface area contributed by atoms with Gasteiger partial charge in [0.2, 0.25) is 5.91 Å². The summed E-state index contributed by atoms with van der Waals surface area (Å²) in [6, 6.07) is 0.611. The van der Waals surface area contributed by atoms with E-state index in [1.807, 2.05) is 13.8 Å². The fourth-order valence-corrected chi connectivity index (χ4v) is 4.77. The molecule has 2 N–H and O–H groups in total. The van der Waals surface area contributed by atoms with Crippen LogP contribution in [-0.2, 0) is 11.0 Å². The van der Waals surface area contributed by atoms with E-state index >= 15 is 0 Å². The Balaban J connectivity index is 1.68. The van der Waals surface area contributed by atoms with E-state index < -0.39 is 17.8 Å². The summed E-state index contributed by atoms with van der Waals surface area (Å²) in [5, 5.41) is 9.56. The van der Waals surface area contributed by atoms with Gasteiger partial charge in [-0.05, 0) is 51.5 Å². The zero-order chi connectivity index (χ0) is 21.5. The van der Waals surface area contributed by atoms with Crippen LogP contribution in [0.15, 0.2) is 6.07 Å². The van der Waals surface area contributed by atoms with E-state index in [0.29, 0.717) is 25.3 Å². The minimum atomic E-state index is -4.55. The number of carbonyl (C=O) groups excluding carboxylic acids is 1. The average molecular weight is 423 g/mol. The van der Waals surface area contributed by atoms with Gasteiger partial charge in [0.1, 0.15) is 0 Å². The summed E-state index contributed by atoms with van der Waals surface area (Å²) in [4.78, 5) is 19.1. The van der Waals surface area contributed by atoms with Gasteiger partial charge in [-0.1, -0.05) is 12.8 Å². The van der Waals surface area contributed by atoms with Crippen LogP contribution < -0.4 is 5.32 Å². The van der Waals surface area contributed by atoms with Crippen molar-refractivity contribution in [1.82, 2.24) is 20.1 Å². The first-order valence-electron chi connectivity index (χ1n) is 10.8. The number of amides is 1. The molecule has 1 aliphatic carbocycles. The number of H-pyrrole nitrogens is 1. The van der Waals surface area contributed by atoms with Gasteiger partial charge in [0, 0.05) is 19.0 Å². The number of halogens is 3. The van der Waals surface area contributed by atoms with Gasteiger partial charge in [-0.3, -0.25) is 9.89 Å². The number of hydrogen-bond donors (Lipinski definition) is 2. The lowest BCUT2D eigenvalue weighted by Gasteiger charge is -2.26. The van der Waals surface area contributed by atoms with E-state index in [1.165, 1.54) is 0 Å². The molecule has 0 spiro atoms. The number of aromatic amines is 1. The van der Waals surface area contributed by atoms with Crippen LogP contribution in [0.2, 0.25) is 0 Å². The summed E-state index contributed by atoms with van der Waals surface area (Å²) in [6.45, 7) is 4.24. The number of nitrogens with zero attached hydrogens (tertiary/aromatic N) is 3. The van der Waals surface area contributed by atoms with Gasteiger partial charge in [-0.25, -0.2) is 4.98 Å². The van der Waals surface area contributed by atoms with E-state index in [9.17, 15) is 18.0 Å². The normalized spacial score (nSPS) is 20.6. The maximum atomic E-state index is 13.9. The van der Waals surface area contributed by atoms with Crippen LogP contribution in [0.1, 0.15) is 76.1 Å². The second-order valence-corrected chi connectivity index (χ2v) is 8.79. The molecule has 30 heavy (non-hydrogen) atoms. The van der Waals surface area contributed by atoms with Crippen LogP contribution in [0, 0.1) is 5.92 Å². The molecule has 1 aliphatic heterocycles. The van der Waals surface area contributed by atoms with Crippen molar-refractivity contribution < 1.29 is 18.0 Å². The molecule has 6 nitrogen and oxygen atoms in total. The smallest absolute Gasteiger partial charge is 0.366 e. The lowest BCUT2D eigenvalue weighted by atomic mass is 10.0. The van der Waals surface area contributed by atoms with E-state index in [0.717, 1.165) is 38.2 Å². The Labute approximate surface area is 173 Å². The van der Waals surface area contributed by atoms with Crippen LogP contribution in [0.4, 0.5) is 19.0 Å². The molecular weight excluding hydrogens is 395 g/mol. The predicted molar refractivity (Wildman–Crippen MR) is 108 cm³/mol. The second kappa shape index (κ2) is 8.07. The molecule has 0 aromatic carbocycles. The van der Waals surface area contributed by atoms with Crippen LogP contribution in [-0.4, -0.2) is 38.6 Å². The van der Waals surface area contributed by atoms with Gasteiger partial charge >= 0.3 is 6.18 Å². The summed E-state index contributed by atoms with van der Waals surface area (Å²) in [6.07, 6.45) is 1.76. The summed E-state index contributed by atoms with van der Waals surface area (Å²) >= 11 is 0. The van der Waals surface area contributed by atoms with E-state index in [2.05, 4.69) is 20.5 Å². The molecule has 0 bridgehead atoms. The molecular formula is C21H28F3N5O. The molecule has 2 aromatic heterocycles. The maximum absolute atomic E-state index is 13.9. The summed E-state index contributed by atoms with van der Waals surface area (Å²) in [5.74, 6) is 0.579. The standard InChI is InChI=1S/C21H28F3N5O/c1-12(2)25-19-18-14(21(22,23)24)11-15(26-20(18)28-27-19)16-8-5-9-29(16)17(30)10-13-6-3-4-7-13/h11-13,16H,3-10H2,1-2H3,(H2,25,26,27,28)/t16-/m1/s1. The molecule has 2 aromatic rings. The summed E-state index contributed by atoms with van der Waals surface area (Å²) in [7, 11) is 0. The Morgan fingerprint density at radius 2 is 2.00 bits per heavy atom. The molecule has 2 fully saturated rings. The van der Waals surface area contributed by atoms with Crippen LogP contribution in [0.3, 0.4) is 0 Å². The average Bonchev–Trinajstić information content (AvgIpc) is 3.40. The topological polar surface area (TPSA) is 73.9 Å². The first-order valence-corrected chi connectivity index (χ1v) is 10.8. The number of aromatic nitrogens is 3. The molecule has 2 aliphatic rings. The first kappa shape index (κ1) is 20.9. The zero-order valence-electron chi connectivity index (χ0n) is 17.4. The number of fused-ring (bicyclic) bond motifs is 1. The molecule has 164 valence electrons. The number of hydrogen-bond acceptors (Lipinski definition) is 4. The SMILES string of the molecule is CC(C)Nc1n[nH]c2nc([C@H]3CCCN3C(=O)CC3CCCC3)cc(C(F)(F)F)c12. The van der Waals surface area contributed by atoms with Crippen molar-refractivity contribution in [3.05, 3.63) is 17.3 Å². The van der Waals surface area contributed by atoms with Crippen molar-refractivity contribution >= 4 is 22.8 Å². The largest absolute Gasteiger partial charge is 0.417 e. The Morgan fingerprint density at radius 3 is 2.67 bits per heavy atom. The highest BCUT2D eigenvalue weighted by atomic mass is 19.4. The number of pyridine rings is 1. The third-order valence-electron chi connectivity index (χ3n) is 6.13. The summed E-state index contributed by atoms with van der Waals surface area (Å²) < 4.78 is 41.8. The van der Waals surface area contributed by atoms with Crippen LogP contribution in [0.25, 0.3) is 11.0 Å². The maximum Gasteiger partial charge on any atom is 0.417 e. The highest BCUT2D eigenvalue weighted by molar-refractivity contribution is 5.91. The number of alkyl halides is 3. The number of rotatable bonds is 5.